The van der Waals surface area contributed by atoms with Gasteiger partial charge in [-0.3, -0.25) is 4.79 Å². The highest BCUT2D eigenvalue weighted by atomic mass is 16.1. The van der Waals surface area contributed by atoms with Gasteiger partial charge in [0, 0.05) is 11.0 Å². The predicted molar refractivity (Wildman–Crippen MR) is 71.4 cm³/mol. The molecule has 0 radical (unpaired) electrons. The van der Waals surface area contributed by atoms with E-state index in [1.165, 1.54) is 30.4 Å². The summed E-state index contributed by atoms with van der Waals surface area (Å²) in [5, 5.41) is 0. The zero-order valence-electron chi connectivity index (χ0n) is 11.2. The largest absolute Gasteiger partial charge is 0.294 e. The molecular formula is C16H22O. The first-order valence-corrected chi connectivity index (χ1v) is 6.65. The molecule has 1 fully saturated rings. The smallest absolute Gasteiger partial charge is 0.168 e. The Morgan fingerprint density at radius 3 is 2.29 bits per heavy atom. The number of aryl methyl sites for hydroxylation is 2. The monoisotopic (exact) mass is 230 g/mol. The van der Waals surface area contributed by atoms with E-state index in [4.69, 9.17) is 0 Å². The van der Waals surface area contributed by atoms with Crippen LogP contribution in [0.25, 0.3) is 0 Å². The van der Waals surface area contributed by atoms with Gasteiger partial charge in [-0.05, 0) is 43.9 Å². The van der Waals surface area contributed by atoms with E-state index in [0.717, 1.165) is 18.4 Å². The number of hydrogen-bond acceptors (Lipinski definition) is 1. The lowest BCUT2D eigenvalue weighted by Gasteiger charge is -2.32. The van der Waals surface area contributed by atoms with Crippen molar-refractivity contribution in [2.75, 3.05) is 0 Å². The third kappa shape index (κ3) is 2.43. The zero-order chi connectivity index (χ0) is 12.5. The lowest BCUT2D eigenvalue weighted by atomic mass is 9.71. The topological polar surface area (TPSA) is 17.1 Å². The molecule has 0 atom stereocenters. The van der Waals surface area contributed by atoms with E-state index in [0.29, 0.717) is 5.78 Å². The number of rotatable bonds is 2. The van der Waals surface area contributed by atoms with Crippen LogP contribution in [0.3, 0.4) is 0 Å². The number of hydrogen-bond donors (Lipinski definition) is 0. The Morgan fingerprint density at radius 2 is 1.71 bits per heavy atom. The summed E-state index contributed by atoms with van der Waals surface area (Å²) in [4.78, 5) is 12.6. The van der Waals surface area contributed by atoms with Crippen LogP contribution >= 0.6 is 0 Å². The van der Waals surface area contributed by atoms with E-state index in [9.17, 15) is 4.79 Å². The van der Waals surface area contributed by atoms with Gasteiger partial charge in [0.2, 0.25) is 0 Å². The molecular weight excluding hydrogens is 208 g/mol. The van der Waals surface area contributed by atoms with Crippen molar-refractivity contribution in [1.29, 1.82) is 0 Å². The van der Waals surface area contributed by atoms with E-state index >= 15 is 0 Å². The molecule has 2 rings (SSSR count). The van der Waals surface area contributed by atoms with E-state index in [1.54, 1.807) is 0 Å². The number of benzene rings is 1. The molecule has 0 N–H and O–H groups in total. The van der Waals surface area contributed by atoms with Crippen molar-refractivity contribution in [3.63, 3.8) is 0 Å². The second-order valence-electron chi connectivity index (χ2n) is 5.75. The van der Waals surface area contributed by atoms with Gasteiger partial charge in [0.15, 0.2) is 5.78 Å². The Kier molecular flexibility index (Phi) is 3.37. The summed E-state index contributed by atoms with van der Waals surface area (Å²) in [6.07, 6.45) is 5.80. The second-order valence-corrected chi connectivity index (χ2v) is 5.75. The minimum absolute atomic E-state index is 0.111. The maximum Gasteiger partial charge on any atom is 0.168 e. The molecule has 0 aliphatic heterocycles. The normalized spacial score (nSPS) is 19.0. The van der Waals surface area contributed by atoms with Gasteiger partial charge in [0.05, 0.1) is 0 Å². The fourth-order valence-corrected chi connectivity index (χ4v) is 2.79. The zero-order valence-corrected chi connectivity index (χ0v) is 11.2. The first-order valence-electron chi connectivity index (χ1n) is 6.65. The van der Waals surface area contributed by atoms with Crippen molar-refractivity contribution >= 4 is 5.78 Å². The Labute approximate surface area is 104 Å². The highest BCUT2D eigenvalue weighted by Gasteiger charge is 2.34. The van der Waals surface area contributed by atoms with Crippen LogP contribution < -0.4 is 0 Å². The first kappa shape index (κ1) is 12.3. The Hall–Kier alpha value is -1.11. The lowest BCUT2D eigenvalue weighted by molar-refractivity contribution is 0.0749. The molecule has 1 aromatic carbocycles. The summed E-state index contributed by atoms with van der Waals surface area (Å²) in [6, 6.07) is 6.11. The molecule has 1 aromatic rings. The van der Waals surface area contributed by atoms with Gasteiger partial charge in [-0.15, -0.1) is 0 Å². The van der Waals surface area contributed by atoms with Crippen LogP contribution in [0.1, 0.15) is 60.5 Å². The Morgan fingerprint density at radius 1 is 1.06 bits per heavy atom. The average Bonchev–Trinajstić information content (AvgIpc) is 2.33. The molecule has 1 aliphatic carbocycles. The van der Waals surface area contributed by atoms with E-state index in [1.807, 2.05) is 6.07 Å². The molecule has 0 unspecified atom stereocenters. The number of Topliss-reactive ketones (excluding diaryl/α,β-unsaturated/α-hetero) is 1. The molecule has 17 heavy (non-hydrogen) atoms. The highest BCUT2D eigenvalue weighted by molar-refractivity contribution is 6.00. The second kappa shape index (κ2) is 4.64. The molecule has 0 aromatic heterocycles. The lowest BCUT2D eigenvalue weighted by Crippen LogP contribution is -2.30. The first-order chi connectivity index (χ1) is 8.03. The summed E-state index contributed by atoms with van der Waals surface area (Å²) in [6.45, 7) is 6.31. The van der Waals surface area contributed by atoms with Gasteiger partial charge in [-0.25, -0.2) is 0 Å². The van der Waals surface area contributed by atoms with E-state index in [2.05, 4.69) is 32.9 Å². The summed E-state index contributed by atoms with van der Waals surface area (Å²) < 4.78 is 0. The summed E-state index contributed by atoms with van der Waals surface area (Å²) in [5.74, 6) is 0.348. The minimum Gasteiger partial charge on any atom is -0.294 e. The van der Waals surface area contributed by atoms with Crippen molar-refractivity contribution in [2.45, 2.75) is 52.9 Å². The van der Waals surface area contributed by atoms with Crippen LogP contribution in [0.2, 0.25) is 0 Å². The van der Waals surface area contributed by atoms with Crippen LogP contribution in [0, 0.1) is 19.3 Å². The van der Waals surface area contributed by atoms with Gasteiger partial charge in [-0.1, -0.05) is 38.3 Å². The van der Waals surface area contributed by atoms with Gasteiger partial charge in [0.25, 0.3) is 0 Å². The van der Waals surface area contributed by atoms with Crippen LogP contribution in [-0.2, 0) is 0 Å². The molecule has 1 saturated carbocycles. The molecule has 0 saturated heterocycles. The maximum absolute atomic E-state index is 12.6. The third-order valence-corrected chi connectivity index (χ3v) is 4.27. The number of ketones is 1. The quantitative estimate of drug-likeness (QED) is 0.686. The number of carbonyl (C=O) groups is 1. The van der Waals surface area contributed by atoms with E-state index in [-0.39, 0.29) is 5.41 Å². The Balaban J connectivity index is 2.26. The van der Waals surface area contributed by atoms with E-state index < -0.39 is 0 Å². The van der Waals surface area contributed by atoms with Crippen molar-refractivity contribution < 1.29 is 4.79 Å². The molecule has 92 valence electrons. The molecule has 1 heteroatoms. The van der Waals surface area contributed by atoms with Crippen LogP contribution in [0.15, 0.2) is 18.2 Å². The molecule has 0 bridgehead atoms. The molecule has 0 heterocycles. The Bertz CT molecular complexity index is 425. The molecule has 1 aliphatic rings. The summed E-state index contributed by atoms with van der Waals surface area (Å²) in [7, 11) is 0. The van der Waals surface area contributed by atoms with Gasteiger partial charge >= 0.3 is 0 Å². The van der Waals surface area contributed by atoms with Crippen molar-refractivity contribution in [3.8, 4) is 0 Å². The fourth-order valence-electron chi connectivity index (χ4n) is 2.79. The van der Waals surface area contributed by atoms with Crippen molar-refractivity contribution in [2.24, 2.45) is 5.41 Å². The molecule has 1 nitrogen and oxygen atoms in total. The van der Waals surface area contributed by atoms with Crippen LogP contribution in [0.5, 0.6) is 0 Å². The molecule has 0 amide bonds. The molecule has 0 spiro atoms. The highest BCUT2D eigenvalue weighted by Crippen LogP contribution is 2.38. The van der Waals surface area contributed by atoms with Gasteiger partial charge in [-0.2, -0.15) is 0 Å². The standard InChI is InChI=1S/C16H22O/c1-12-7-8-14(11-13(12)2)15(17)16(3)9-5-4-6-10-16/h7-8,11H,4-6,9-10H2,1-3H3. The van der Waals surface area contributed by atoms with Gasteiger partial charge in [0.1, 0.15) is 0 Å². The maximum atomic E-state index is 12.6. The number of carbonyl (C=O) groups excluding carboxylic acids is 1. The van der Waals surface area contributed by atoms with Crippen LogP contribution in [0.4, 0.5) is 0 Å². The SMILES string of the molecule is Cc1ccc(C(=O)C2(C)CCCCC2)cc1C. The summed E-state index contributed by atoms with van der Waals surface area (Å²) in [5.41, 5.74) is 3.27. The van der Waals surface area contributed by atoms with Crippen LogP contribution in [-0.4, -0.2) is 5.78 Å². The minimum atomic E-state index is -0.111. The third-order valence-electron chi connectivity index (χ3n) is 4.27. The van der Waals surface area contributed by atoms with Crippen molar-refractivity contribution in [3.05, 3.63) is 34.9 Å². The fraction of sp³-hybridized carbons (Fsp3) is 0.562. The average molecular weight is 230 g/mol. The van der Waals surface area contributed by atoms with Gasteiger partial charge < -0.3 is 0 Å². The summed E-state index contributed by atoms with van der Waals surface area (Å²) >= 11 is 0. The predicted octanol–water partition coefficient (Wildman–Crippen LogP) is 4.46. The van der Waals surface area contributed by atoms with Crippen molar-refractivity contribution in [1.82, 2.24) is 0 Å².